The van der Waals surface area contributed by atoms with Crippen LogP contribution in [0.2, 0.25) is 0 Å². The summed E-state index contributed by atoms with van der Waals surface area (Å²) in [6.07, 6.45) is 6.70. The van der Waals surface area contributed by atoms with E-state index in [-0.39, 0.29) is 11.7 Å². The first-order valence-electron chi connectivity index (χ1n) is 4.23. The molecule has 0 spiro atoms. The molecule has 0 bridgehead atoms. The zero-order chi connectivity index (χ0) is 8.77. The highest BCUT2D eigenvalue weighted by molar-refractivity contribution is 5.78. The van der Waals surface area contributed by atoms with Gasteiger partial charge in [-0.05, 0) is 12.0 Å². The van der Waals surface area contributed by atoms with Crippen LogP contribution in [0.25, 0.3) is 0 Å². The van der Waals surface area contributed by atoms with Crippen LogP contribution in [-0.2, 0) is 9.53 Å². The van der Waals surface area contributed by atoms with Gasteiger partial charge in [0.25, 0.3) is 0 Å². The molecule has 64 valence electrons. The molecule has 2 nitrogen and oxygen atoms in total. The van der Waals surface area contributed by atoms with E-state index in [1.165, 1.54) is 0 Å². The van der Waals surface area contributed by atoms with Gasteiger partial charge in [-0.1, -0.05) is 26.0 Å². The minimum absolute atomic E-state index is 0.0278. The van der Waals surface area contributed by atoms with Crippen LogP contribution in [0.5, 0.6) is 0 Å². The minimum Gasteiger partial charge on any atom is -0.356 e. The van der Waals surface area contributed by atoms with Crippen molar-refractivity contribution >= 4 is 6.29 Å². The lowest BCUT2D eigenvalue weighted by atomic mass is 9.86. The van der Waals surface area contributed by atoms with Gasteiger partial charge in [0.1, 0.15) is 18.0 Å². The molecule has 0 aromatic rings. The molecule has 0 radical (unpaired) electrons. The van der Waals surface area contributed by atoms with E-state index < -0.39 is 0 Å². The molecule has 0 amide bonds. The summed E-state index contributed by atoms with van der Waals surface area (Å²) in [6, 6.07) is 0. The van der Waals surface area contributed by atoms with Gasteiger partial charge < -0.3 is 4.74 Å². The first-order valence-corrected chi connectivity index (χ1v) is 4.23. The van der Waals surface area contributed by atoms with Crippen molar-refractivity contribution in [1.29, 1.82) is 0 Å². The topological polar surface area (TPSA) is 29.6 Å². The summed E-state index contributed by atoms with van der Waals surface area (Å²) in [7, 11) is 0. The van der Waals surface area contributed by atoms with Crippen molar-refractivity contribution < 1.29 is 9.53 Å². The van der Waals surface area contributed by atoms with E-state index in [0.717, 1.165) is 11.9 Å². The van der Waals surface area contributed by atoms with Crippen molar-refractivity contribution in [2.24, 2.45) is 5.92 Å². The second kappa shape index (κ2) is 2.30. The van der Waals surface area contributed by atoms with Crippen LogP contribution in [0.15, 0.2) is 23.8 Å². The monoisotopic (exact) mass is 164 g/mol. The normalized spacial score (nSPS) is 37.6. The summed E-state index contributed by atoms with van der Waals surface area (Å²) in [4.78, 5) is 10.6. The number of ether oxygens (including phenoxy) is 1. The van der Waals surface area contributed by atoms with E-state index in [9.17, 15) is 4.79 Å². The highest BCUT2D eigenvalue weighted by Gasteiger charge is 2.59. The zero-order valence-corrected chi connectivity index (χ0v) is 7.28. The van der Waals surface area contributed by atoms with Gasteiger partial charge in [-0.15, -0.1) is 0 Å². The van der Waals surface area contributed by atoms with Gasteiger partial charge in [0, 0.05) is 5.57 Å². The number of aldehydes is 1. The maximum absolute atomic E-state index is 10.6. The lowest BCUT2D eigenvalue weighted by Gasteiger charge is -2.14. The number of epoxide rings is 1. The van der Waals surface area contributed by atoms with E-state index in [1.807, 2.05) is 12.2 Å². The van der Waals surface area contributed by atoms with Crippen molar-refractivity contribution in [2.75, 3.05) is 0 Å². The van der Waals surface area contributed by atoms with E-state index in [4.69, 9.17) is 4.74 Å². The van der Waals surface area contributed by atoms with Crippen LogP contribution in [0.1, 0.15) is 13.8 Å². The first-order chi connectivity index (χ1) is 5.70. The second-order valence-electron chi connectivity index (χ2n) is 3.65. The summed E-state index contributed by atoms with van der Waals surface area (Å²) in [5, 5.41) is 0. The van der Waals surface area contributed by atoms with Gasteiger partial charge in [0.15, 0.2) is 0 Å². The van der Waals surface area contributed by atoms with Gasteiger partial charge in [0.2, 0.25) is 0 Å². The van der Waals surface area contributed by atoms with Crippen molar-refractivity contribution in [3.05, 3.63) is 23.8 Å². The van der Waals surface area contributed by atoms with Crippen LogP contribution in [0, 0.1) is 5.92 Å². The third kappa shape index (κ3) is 0.815. The Morgan fingerprint density at radius 2 is 2.42 bits per heavy atom. The number of hydrogen-bond donors (Lipinski definition) is 0. The van der Waals surface area contributed by atoms with Gasteiger partial charge in [-0.2, -0.15) is 0 Å². The van der Waals surface area contributed by atoms with Gasteiger partial charge >= 0.3 is 0 Å². The van der Waals surface area contributed by atoms with Crippen LogP contribution in [-0.4, -0.2) is 18.0 Å². The molecule has 0 aromatic heterocycles. The average molecular weight is 164 g/mol. The maximum atomic E-state index is 10.6. The molecular formula is C10H12O2. The molecule has 1 aliphatic heterocycles. The Morgan fingerprint density at radius 3 is 3.00 bits per heavy atom. The van der Waals surface area contributed by atoms with Crippen LogP contribution in [0.3, 0.4) is 0 Å². The Bertz CT molecular complexity index is 276. The molecule has 0 aromatic carbocycles. The van der Waals surface area contributed by atoms with Gasteiger partial charge in [0.05, 0.1) is 0 Å². The molecule has 2 rings (SSSR count). The average Bonchev–Trinajstić information content (AvgIpc) is 2.78. The number of carbonyl (C=O) groups is 1. The van der Waals surface area contributed by atoms with Crippen LogP contribution in [0.4, 0.5) is 0 Å². The van der Waals surface area contributed by atoms with Crippen LogP contribution >= 0.6 is 0 Å². The summed E-state index contributed by atoms with van der Waals surface area (Å²) >= 11 is 0. The molecule has 2 heteroatoms. The zero-order valence-electron chi connectivity index (χ0n) is 7.28. The lowest BCUT2D eigenvalue weighted by Crippen LogP contribution is -2.22. The Balaban J connectivity index is 2.27. The van der Waals surface area contributed by atoms with E-state index in [1.54, 1.807) is 0 Å². The van der Waals surface area contributed by atoms with E-state index >= 15 is 0 Å². The lowest BCUT2D eigenvalue weighted by molar-refractivity contribution is -0.105. The summed E-state index contributed by atoms with van der Waals surface area (Å²) in [6.45, 7) is 4.22. The molecule has 2 atom stereocenters. The Labute approximate surface area is 71.9 Å². The quantitative estimate of drug-likeness (QED) is 0.457. The summed E-state index contributed by atoms with van der Waals surface area (Å²) < 4.78 is 5.54. The van der Waals surface area contributed by atoms with Crippen molar-refractivity contribution in [3.63, 3.8) is 0 Å². The Kier molecular flexibility index (Phi) is 1.48. The number of allylic oxidation sites excluding steroid dienone is 2. The van der Waals surface area contributed by atoms with E-state index in [0.29, 0.717) is 5.92 Å². The molecule has 0 saturated carbocycles. The Hall–Kier alpha value is -0.890. The fourth-order valence-corrected chi connectivity index (χ4v) is 1.75. The minimum atomic E-state index is -0.162. The number of fused-ring (bicyclic) bond motifs is 1. The third-order valence-electron chi connectivity index (χ3n) is 2.66. The number of hydrogen-bond acceptors (Lipinski definition) is 2. The molecule has 1 heterocycles. The summed E-state index contributed by atoms with van der Waals surface area (Å²) in [5.41, 5.74) is 0.608. The maximum Gasteiger partial charge on any atom is 0.148 e. The SMILES string of the molecule is CC(C)C12C=CC=C(C=O)C1O2. The fraction of sp³-hybridized carbons (Fsp3) is 0.500. The molecule has 0 N–H and O–H groups in total. The van der Waals surface area contributed by atoms with Crippen LogP contribution < -0.4 is 0 Å². The largest absolute Gasteiger partial charge is 0.356 e. The molecular weight excluding hydrogens is 152 g/mol. The predicted molar refractivity (Wildman–Crippen MR) is 45.7 cm³/mol. The van der Waals surface area contributed by atoms with Crippen molar-refractivity contribution in [3.8, 4) is 0 Å². The summed E-state index contributed by atoms with van der Waals surface area (Å²) in [5.74, 6) is 0.433. The number of carbonyl (C=O) groups excluding carboxylic acids is 1. The molecule has 12 heavy (non-hydrogen) atoms. The smallest absolute Gasteiger partial charge is 0.148 e. The molecule has 2 unspecified atom stereocenters. The van der Waals surface area contributed by atoms with Gasteiger partial charge in [-0.3, -0.25) is 4.79 Å². The number of rotatable bonds is 2. The molecule has 1 aliphatic carbocycles. The highest BCUT2D eigenvalue weighted by Crippen LogP contribution is 2.49. The predicted octanol–water partition coefficient (Wildman–Crippen LogP) is 1.48. The molecule has 1 saturated heterocycles. The second-order valence-corrected chi connectivity index (χ2v) is 3.65. The molecule has 1 fully saturated rings. The van der Waals surface area contributed by atoms with Crippen molar-refractivity contribution in [1.82, 2.24) is 0 Å². The first kappa shape index (κ1) is 7.74. The molecule has 2 aliphatic rings. The van der Waals surface area contributed by atoms with Crippen molar-refractivity contribution in [2.45, 2.75) is 25.6 Å². The third-order valence-corrected chi connectivity index (χ3v) is 2.66. The van der Waals surface area contributed by atoms with Gasteiger partial charge in [-0.25, -0.2) is 0 Å². The Morgan fingerprint density at radius 1 is 1.67 bits per heavy atom. The fourth-order valence-electron chi connectivity index (χ4n) is 1.75. The van der Waals surface area contributed by atoms with E-state index in [2.05, 4.69) is 19.9 Å². The standard InChI is InChI=1S/C10H12O2/c1-7(2)10-5-3-4-8(6-11)9(10)12-10/h3-7,9H,1-2H3. The highest BCUT2D eigenvalue weighted by atomic mass is 16.6.